The molecule has 1 N–H and O–H groups in total. The number of esters is 1. The largest absolute Gasteiger partial charge is 0.478 e. The van der Waals surface area contributed by atoms with Crippen LogP contribution in [0.2, 0.25) is 0 Å². The summed E-state index contributed by atoms with van der Waals surface area (Å²) in [7, 11) is 0. The minimum atomic E-state index is -1.13. The van der Waals surface area contributed by atoms with E-state index in [0.29, 0.717) is 0 Å². The van der Waals surface area contributed by atoms with Gasteiger partial charge in [0, 0.05) is 12.2 Å². The lowest BCUT2D eigenvalue weighted by Crippen LogP contribution is -2.17. The first kappa shape index (κ1) is 20.7. The van der Waals surface area contributed by atoms with Crippen LogP contribution in [-0.4, -0.2) is 23.1 Å². The van der Waals surface area contributed by atoms with E-state index in [2.05, 4.69) is 13.8 Å². The molecule has 0 aliphatic heterocycles. The Morgan fingerprint density at radius 3 is 1.86 bits per heavy atom. The lowest BCUT2D eigenvalue weighted by molar-refractivity contribution is -0.144. The third-order valence-electron chi connectivity index (χ3n) is 3.65. The van der Waals surface area contributed by atoms with Gasteiger partial charge in [-0.3, -0.25) is 0 Å². The number of carboxylic acid groups (broad SMARTS) is 1. The quantitative estimate of drug-likeness (QED) is 0.282. The van der Waals surface area contributed by atoms with Crippen LogP contribution in [0.25, 0.3) is 0 Å². The molecule has 0 radical (unpaired) electrons. The molecular weight excluding hydrogens is 280 g/mol. The summed E-state index contributed by atoms with van der Waals surface area (Å²) in [5, 5.41) is 8.53. The van der Waals surface area contributed by atoms with Crippen molar-refractivity contribution in [3.63, 3.8) is 0 Å². The third-order valence-corrected chi connectivity index (χ3v) is 3.65. The summed E-state index contributed by atoms with van der Waals surface area (Å²) in [5.74, 6) is -1.67. The number of carboxylic acids is 1. The van der Waals surface area contributed by atoms with Crippen LogP contribution in [-0.2, 0) is 14.3 Å². The molecule has 4 heteroatoms. The lowest BCUT2D eigenvalue weighted by Gasteiger charge is -2.17. The summed E-state index contributed by atoms with van der Waals surface area (Å²) < 4.78 is 5.40. The summed E-state index contributed by atoms with van der Waals surface area (Å²) in [6.45, 7) is 4.36. The van der Waals surface area contributed by atoms with Crippen LogP contribution in [0.15, 0.2) is 12.2 Å². The molecule has 0 fully saturated rings. The predicted molar refractivity (Wildman–Crippen MR) is 88.8 cm³/mol. The molecule has 1 unspecified atom stereocenters. The maximum Gasteiger partial charge on any atom is 0.331 e. The fourth-order valence-corrected chi connectivity index (χ4v) is 2.38. The highest BCUT2D eigenvalue weighted by Gasteiger charge is 2.12. The van der Waals surface area contributed by atoms with Crippen molar-refractivity contribution < 1.29 is 19.4 Å². The van der Waals surface area contributed by atoms with E-state index in [1.165, 1.54) is 38.5 Å². The Morgan fingerprint density at radius 1 is 0.864 bits per heavy atom. The molecule has 0 aromatic rings. The van der Waals surface area contributed by atoms with Gasteiger partial charge in [0.1, 0.15) is 6.10 Å². The van der Waals surface area contributed by atoms with Crippen LogP contribution >= 0.6 is 0 Å². The van der Waals surface area contributed by atoms with Gasteiger partial charge in [0.05, 0.1) is 0 Å². The Hall–Kier alpha value is -1.32. The van der Waals surface area contributed by atoms with Crippen molar-refractivity contribution in [1.82, 2.24) is 0 Å². The van der Waals surface area contributed by atoms with E-state index in [9.17, 15) is 9.59 Å². The Balaban J connectivity index is 4.13. The zero-order valence-corrected chi connectivity index (χ0v) is 14.2. The molecule has 0 aromatic carbocycles. The monoisotopic (exact) mass is 312 g/mol. The van der Waals surface area contributed by atoms with Crippen LogP contribution in [0.3, 0.4) is 0 Å². The predicted octanol–water partition coefficient (Wildman–Crippen LogP) is 4.87. The molecule has 0 spiro atoms. The summed E-state index contributed by atoms with van der Waals surface area (Å²) in [6.07, 6.45) is 14.0. The summed E-state index contributed by atoms with van der Waals surface area (Å²) >= 11 is 0. The van der Waals surface area contributed by atoms with E-state index in [1.54, 1.807) is 0 Å². The number of carbonyl (C=O) groups excluding carboxylic acids is 1. The van der Waals surface area contributed by atoms with Gasteiger partial charge in [-0.2, -0.15) is 0 Å². The van der Waals surface area contributed by atoms with Crippen molar-refractivity contribution >= 4 is 11.9 Å². The molecule has 0 rings (SSSR count). The van der Waals surface area contributed by atoms with Gasteiger partial charge in [-0.15, -0.1) is 0 Å². The number of hydrogen-bond acceptors (Lipinski definition) is 3. The molecule has 128 valence electrons. The zero-order valence-electron chi connectivity index (χ0n) is 14.2. The number of rotatable bonds is 14. The fourth-order valence-electron chi connectivity index (χ4n) is 2.38. The highest BCUT2D eigenvalue weighted by molar-refractivity contribution is 5.90. The van der Waals surface area contributed by atoms with Crippen molar-refractivity contribution in [1.29, 1.82) is 0 Å². The molecule has 1 atom stereocenters. The molecule has 0 aromatic heterocycles. The maximum atomic E-state index is 11.6. The topological polar surface area (TPSA) is 63.6 Å². The molecule has 4 nitrogen and oxygen atoms in total. The first-order chi connectivity index (χ1) is 10.6. The maximum absolute atomic E-state index is 11.6. The van der Waals surface area contributed by atoms with Gasteiger partial charge in [0.25, 0.3) is 0 Å². The number of ether oxygens (including phenoxy) is 1. The van der Waals surface area contributed by atoms with E-state index in [4.69, 9.17) is 9.84 Å². The number of unbranched alkanes of at least 4 members (excludes halogenated alkanes) is 7. The van der Waals surface area contributed by atoms with Crippen molar-refractivity contribution in [2.45, 2.75) is 90.6 Å². The fraction of sp³-hybridized carbons (Fsp3) is 0.778. The van der Waals surface area contributed by atoms with E-state index in [1.807, 2.05) is 0 Å². The highest BCUT2D eigenvalue weighted by atomic mass is 16.5. The molecular formula is C18H32O4. The second-order valence-corrected chi connectivity index (χ2v) is 5.78. The first-order valence-electron chi connectivity index (χ1n) is 8.71. The second kappa shape index (κ2) is 14.6. The average molecular weight is 312 g/mol. The van der Waals surface area contributed by atoms with E-state index in [-0.39, 0.29) is 6.10 Å². The molecule has 22 heavy (non-hydrogen) atoms. The van der Waals surface area contributed by atoms with Crippen molar-refractivity contribution in [3.05, 3.63) is 12.2 Å². The lowest BCUT2D eigenvalue weighted by atomic mass is 10.0. The second-order valence-electron chi connectivity index (χ2n) is 5.78. The Bertz CT molecular complexity index is 323. The van der Waals surface area contributed by atoms with Crippen molar-refractivity contribution in [2.24, 2.45) is 0 Å². The SMILES string of the molecule is CCCCCCCC(CCCCCC)OC(=O)/C=C/C(=O)O. The van der Waals surface area contributed by atoms with Gasteiger partial charge < -0.3 is 9.84 Å². The van der Waals surface area contributed by atoms with Crippen LogP contribution in [0.1, 0.15) is 84.5 Å². The van der Waals surface area contributed by atoms with Crippen LogP contribution in [0, 0.1) is 0 Å². The Kier molecular flexibility index (Phi) is 13.7. The third kappa shape index (κ3) is 13.7. The molecule has 0 bridgehead atoms. The number of hydrogen-bond donors (Lipinski definition) is 1. The van der Waals surface area contributed by atoms with Gasteiger partial charge in [0.15, 0.2) is 0 Å². The number of carbonyl (C=O) groups is 2. The van der Waals surface area contributed by atoms with Gasteiger partial charge in [-0.25, -0.2) is 9.59 Å². The van der Waals surface area contributed by atoms with E-state index in [0.717, 1.165) is 44.3 Å². The first-order valence-corrected chi connectivity index (χ1v) is 8.71. The molecule has 0 aliphatic carbocycles. The summed E-state index contributed by atoms with van der Waals surface area (Å²) in [4.78, 5) is 22.0. The van der Waals surface area contributed by atoms with Crippen LogP contribution in [0.4, 0.5) is 0 Å². The standard InChI is InChI=1S/C18H32O4/c1-3-5-7-9-11-13-16(12-10-8-6-4-2)22-18(21)15-14-17(19)20/h14-16H,3-13H2,1-2H3,(H,19,20)/b15-14+. The highest BCUT2D eigenvalue weighted by Crippen LogP contribution is 2.16. The summed E-state index contributed by atoms with van der Waals surface area (Å²) in [6, 6.07) is 0. The molecule has 0 aliphatic rings. The smallest absolute Gasteiger partial charge is 0.331 e. The van der Waals surface area contributed by atoms with Gasteiger partial charge >= 0.3 is 11.9 Å². The Labute approximate surface area is 134 Å². The van der Waals surface area contributed by atoms with Gasteiger partial charge in [-0.1, -0.05) is 58.8 Å². The van der Waals surface area contributed by atoms with E-state index >= 15 is 0 Å². The summed E-state index contributed by atoms with van der Waals surface area (Å²) in [5.41, 5.74) is 0. The molecule has 0 heterocycles. The van der Waals surface area contributed by atoms with Crippen LogP contribution < -0.4 is 0 Å². The normalized spacial score (nSPS) is 12.5. The number of aliphatic carboxylic acids is 1. The minimum absolute atomic E-state index is 0.0792. The van der Waals surface area contributed by atoms with Crippen molar-refractivity contribution in [2.75, 3.05) is 0 Å². The minimum Gasteiger partial charge on any atom is -0.478 e. The molecule has 0 saturated carbocycles. The Morgan fingerprint density at radius 2 is 1.36 bits per heavy atom. The average Bonchev–Trinajstić information content (AvgIpc) is 2.49. The van der Waals surface area contributed by atoms with Gasteiger partial charge in [-0.05, 0) is 25.7 Å². The van der Waals surface area contributed by atoms with E-state index < -0.39 is 11.9 Å². The zero-order chi connectivity index (χ0) is 16.6. The van der Waals surface area contributed by atoms with Crippen LogP contribution in [0.5, 0.6) is 0 Å². The van der Waals surface area contributed by atoms with Gasteiger partial charge in [0.2, 0.25) is 0 Å². The molecule has 0 amide bonds. The molecule has 0 saturated heterocycles. The van der Waals surface area contributed by atoms with Crippen molar-refractivity contribution in [3.8, 4) is 0 Å².